The Morgan fingerprint density at radius 3 is 2.36 bits per heavy atom. The lowest BCUT2D eigenvalue weighted by atomic mass is 9.97. The van der Waals surface area contributed by atoms with E-state index in [-0.39, 0.29) is 16.7 Å². The van der Waals surface area contributed by atoms with Crippen LogP contribution in [-0.2, 0) is 14.8 Å². The maximum atomic E-state index is 12.7. The van der Waals surface area contributed by atoms with Crippen LogP contribution in [0, 0.1) is 11.8 Å². The normalized spacial score (nSPS) is 16.8. The monoisotopic (exact) mass is 368 g/mol. The summed E-state index contributed by atoms with van der Waals surface area (Å²) in [4.78, 5) is 12.4. The molecule has 1 aromatic carbocycles. The number of rotatable bonds is 7. The summed E-state index contributed by atoms with van der Waals surface area (Å²) in [6.45, 7) is 5.66. The Kier molecular flexibility index (Phi) is 6.84. The highest BCUT2D eigenvalue weighted by atomic mass is 32.2. The van der Waals surface area contributed by atoms with Crippen LogP contribution in [0.25, 0.3) is 0 Å². The van der Waals surface area contributed by atoms with Gasteiger partial charge in [-0.25, -0.2) is 8.42 Å². The van der Waals surface area contributed by atoms with Crippen LogP contribution >= 0.6 is 0 Å². The molecule has 25 heavy (non-hydrogen) atoms. The molecule has 0 aromatic heterocycles. The number of piperidine rings is 1. The molecular formula is C18H28N2O4S. The minimum Gasteiger partial charge on any atom is -0.497 e. The number of ether oxygens (including phenoxy) is 1. The van der Waals surface area contributed by atoms with Gasteiger partial charge in [-0.3, -0.25) is 4.79 Å². The molecule has 0 radical (unpaired) electrons. The smallest absolute Gasteiger partial charge is 0.243 e. The zero-order chi connectivity index (χ0) is 18.4. The predicted molar refractivity (Wildman–Crippen MR) is 96.9 cm³/mol. The van der Waals surface area contributed by atoms with Crippen LogP contribution in [0.5, 0.6) is 5.75 Å². The van der Waals surface area contributed by atoms with Crippen LogP contribution in [0.4, 0.5) is 0 Å². The molecule has 1 amide bonds. The Hall–Kier alpha value is -1.60. The minimum absolute atomic E-state index is 0.0437. The fourth-order valence-corrected chi connectivity index (χ4v) is 4.35. The van der Waals surface area contributed by atoms with E-state index in [9.17, 15) is 13.2 Å². The average Bonchev–Trinajstić information content (AvgIpc) is 2.61. The van der Waals surface area contributed by atoms with Crippen LogP contribution in [-0.4, -0.2) is 45.4 Å². The molecular weight excluding hydrogens is 340 g/mol. The third-order valence-corrected chi connectivity index (χ3v) is 6.46. The largest absolute Gasteiger partial charge is 0.497 e. The molecule has 0 unspecified atom stereocenters. The lowest BCUT2D eigenvalue weighted by Gasteiger charge is -2.30. The summed E-state index contributed by atoms with van der Waals surface area (Å²) in [6, 6.07) is 6.39. The summed E-state index contributed by atoms with van der Waals surface area (Å²) in [6.07, 6.45) is 2.07. The van der Waals surface area contributed by atoms with E-state index >= 15 is 0 Å². The van der Waals surface area contributed by atoms with E-state index in [0.717, 1.165) is 6.42 Å². The van der Waals surface area contributed by atoms with E-state index in [4.69, 9.17) is 4.74 Å². The first-order valence-electron chi connectivity index (χ1n) is 8.76. The zero-order valence-corrected chi connectivity index (χ0v) is 16.0. The Balaban J connectivity index is 1.90. The van der Waals surface area contributed by atoms with Crippen LogP contribution in [0.3, 0.4) is 0 Å². The van der Waals surface area contributed by atoms with Gasteiger partial charge in [0.1, 0.15) is 5.75 Å². The fraction of sp³-hybridized carbons (Fsp3) is 0.611. The highest BCUT2D eigenvalue weighted by Crippen LogP contribution is 2.25. The fourth-order valence-electron chi connectivity index (χ4n) is 2.88. The van der Waals surface area contributed by atoms with Crippen molar-refractivity contribution >= 4 is 15.9 Å². The number of nitrogens with zero attached hydrogens (tertiary/aromatic N) is 1. The molecule has 0 bridgehead atoms. The lowest BCUT2D eigenvalue weighted by Crippen LogP contribution is -2.43. The second kappa shape index (κ2) is 8.67. The summed E-state index contributed by atoms with van der Waals surface area (Å²) < 4.78 is 31.9. The van der Waals surface area contributed by atoms with Crippen molar-refractivity contribution in [1.29, 1.82) is 0 Å². The number of hydrogen-bond acceptors (Lipinski definition) is 4. The number of sulfonamides is 1. The van der Waals surface area contributed by atoms with Crippen molar-refractivity contribution in [2.45, 2.75) is 38.0 Å². The van der Waals surface area contributed by atoms with Crippen molar-refractivity contribution in [1.82, 2.24) is 9.62 Å². The number of benzene rings is 1. The molecule has 1 aliphatic heterocycles. The van der Waals surface area contributed by atoms with Gasteiger partial charge < -0.3 is 10.1 Å². The second-order valence-corrected chi connectivity index (χ2v) is 8.77. The number of hydrogen-bond donors (Lipinski definition) is 1. The average molecular weight is 368 g/mol. The zero-order valence-electron chi connectivity index (χ0n) is 15.2. The predicted octanol–water partition coefficient (Wildman–Crippen LogP) is 2.26. The number of methoxy groups -OCH3 is 1. The number of amides is 1. The van der Waals surface area contributed by atoms with E-state index in [1.807, 2.05) is 0 Å². The number of carbonyl (C=O) groups excluding carboxylic acids is 1. The topological polar surface area (TPSA) is 75.7 Å². The molecule has 2 rings (SSSR count). The first-order valence-corrected chi connectivity index (χ1v) is 10.2. The molecule has 0 spiro atoms. The molecule has 1 heterocycles. The van der Waals surface area contributed by atoms with Crippen molar-refractivity contribution in [3.05, 3.63) is 24.3 Å². The van der Waals surface area contributed by atoms with Crippen LogP contribution in [0.1, 0.15) is 33.1 Å². The Bertz CT molecular complexity index is 663. The van der Waals surface area contributed by atoms with Gasteiger partial charge in [0.15, 0.2) is 0 Å². The molecule has 0 atom stereocenters. The highest BCUT2D eigenvalue weighted by Gasteiger charge is 2.31. The third-order valence-electron chi connectivity index (χ3n) is 4.54. The summed E-state index contributed by atoms with van der Waals surface area (Å²) in [5.41, 5.74) is 0. The lowest BCUT2D eigenvalue weighted by molar-refractivity contribution is -0.126. The highest BCUT2D eigenvalue weighted by molar-refractivity contribution is 7.89. The minimum atomic E-state index is -3.52. The summed E-state index contributed by atoms with van der Waals surface area (Å²) in [7, 11) is -1.98. The van der Waals surface area contributed by atoms with Crippen molar-refractivity contribution in [2.24, 2.45) is 11.8 Å². The molecule has 0 saturated carbocycles. The summed E-state index contributed by atoms with van der Waals surface area (Å²) in [5.74, 6) is 1.11. The van der Waals surface area contributed by atoms with Gasteiger partial charge in [-0.1, -0.05) is 13.8 Å². The van der Waals surface area contributed by atoms with Gasteiger partial charge in [0.25, 0.3) is 0 Å². The van der Waals surface area contributed by atoms with Crippen LogP contribution < -0.4 is 10.1 Å². The Morgan fingerprint density at radius 2 is 1.84 bits per heavy atom. The Morgan fingerprint density at radius 1 is 1.24 bits per heavy atom. The molecule has 1 aromatic rings. The molecule has 7 heteroatoms. The van der Waals surface area contributed by atoms with Crippen LogP contribution in [0.15, 0.2) is 29.2 Å². The first kappa shape index (κ1) is 19.7. The van der Waals surface area contributed by atoms with Crippen molar-refractivity contribution in [3.63, 3.8) is 0 Å². The maximum Gasteiger partial charge on any atom is 0.243 e. The van der Waals surface area contributed by atoms with Gasteiger partial charge in [-0.05, 0) is 49.4 Å². The summed E-state index contributed by atoms with van der Waals surface area (Å²) >= 11 is 0. The molecule has 0 aliphatic carbocycles. The number of nitrogens with one attached hydrogen (secondary N) is 1. The SMILES string of the molecule is COc1ccc(S(=O)(=O)N2CCC(C(=O)NCCC(C)C)CC2)cc1. The summed E-state index contributed by atoms with van der Waals surface area (Å²) in [5, 5.41) is 2.96. The van der Waals surface area contributed by atoms with E-state index in [1.165, 1.54) is 4.31 Å². The van der Waals surface area contributed by atoms with Crippen molar-refractivity contribution in [3.8, 4) is 5.75 Å². The van der Waals surface area contributed by atoms with E-state index in [2.05, 4.69) is 19.2 Å². The third kappa shape index (κ3) is 5.19. The molecule has 140 valence electrons. The van der Waals surface area contributed by atoms with E-state index < -0.39 is 10.0 Å². The van der Waals surface area contributed by atoms with Gasteiger partial charge >= 0.3 is 0 Å². The van der Waals surface area contributed by atoms with Crippen LogP contribution in [0.2, 0.25) is 0 Å². The standard InChI is InChI=1S/C18H28N2O4S/c1-14(2)8-11-19-18(21)15-9-12-20(13-10-15)25(22,23)17-6-4-16(24-3)5-7-17/h4-7,14-15H,8-13H2,1-3H3,(H,19,21). The van der Waals surface area contributed by atoms with Crippen molar-refractivity contribution in [2.75, 3.05) is 26.7 Å². The number of carbonyl (C=O) groups is 1. The van der Waals surface area contributed by atoms with Gasteiger partial charge in [-0.2, -0.15) is 4.31 Å². The van der Waals surface area contributed by atoms with Gasteiger partial charge in [0.05, 0.1) is 12.0 Å². The Labute approximate surface area is 150 Å². The molecule has 1 saturated heterocycles. The van der Waals surface area contributed by atoms with Gasteiger partial charge in [0, 0.05) is 25.6 Å². The molecule has 1 fully saturated rings. The van der Waals surface area contributed by atoms with Gasteiger partial charge in [-0.15, -0.1) is 0 Å². The molecule has 1 aliphatic rings. The van der Waals surface area contributed by atoms with E-state index in [1.54, 1.807) is 31.4 Å². The maximum absolute atomic E-state index is 12.7. The molecule has 1 N–H and O–H groups in total. The molecule has 6 nitrogen and oxygen atoms in total. The van der Waals surface area contributed by atoms with Crippen molar-refractivity contribution < 1.29 is 17.9 Å². The first-order chi connectivity index (χ1) is 11.8. The van der Waals surface area contributed by atoms with E-state index in [0.29, 0.717) is 44.1 Å². The quantitative estimate of drug-likeness (QED) is 0.801. The second-order valence-electron chi connectivity index (χ2n) is 6.83. The van der Waals surface area contributed by atoms with Gasteiger partial charge in [0.2, 0.25) is 15.9 Å².